The van der Waals surface area contributed by atoms with E-state index < -0.39 is 6.10 Å². The number of anilines is 1. The molecule has 25 heavy (non-hydrogen) atoms. The van der Waals surface area contributed by atoms with Crippen LogP contribution in [0.15, 0.2) is 12.1 Å². The minimum Gasteiger partial charge on any atom is -0.467 e. The molecule has 1 amide bonds. The third-order valence-electron chi connectivity index (χ3n) is 4.95. The lowest BCUT2D eigenvalue weighted by molar-refractivity contribution is -0.153. The largest absolute Gasteiger partial charge is 0.467 e. The molecule has 8 heteroatoms. The number of rotatable bonds is 3. The molecule has 1 aromatic heterocycles. The lowest BCUT2D eigenvalue weighted by Gasteiger charge is -2.41. The molecule has 2 fully saturated rings. The van der Waals surface area contributed by atoms with E-state index in [2.05, 4.69) is 10.2 Å². The SMILES string of the molecule is COC(=O)[C@@H]1C[C@@H]2[C@@H](CC[C@@H](C)N2C(=O)c2ccc(N(C)C)nn2)O1. The maximum atomic E-state index is 13.0. The van der Waals surface area contributed by atoms with E-state index in [1.165, 1.54) is 7.11 Å². The average Bonchev–Trinajstić information content (AvgIpc) is 3.04. The molecule has 0 radical (unpaired) electrons. The van der Waals surface area contributed by atoms with Gasteiger partial charge in [-0.25, -0.2) is 4.79 Å². The van der Waals surface area contributed by atoms with Gasteiger partial charge in [0.2, 0.25) is 0 Å². The van der Waals surface area contributed by atoms with E-state index in [-0.39, 0.29) is 30.1 Å². The summed E-state index contributed by atoms with van der Waals surface area (Å²) in [5.74, 6) is 0.134. The standard InChI is InChI=1S/C17H24N4O4/c1-10-5-7-13-12(9-14(25-13)17(23)24-4)21(10)16(22)11-6-8-15(19-18-11)20(2)3/h6,8,10,12-14H,5,7,9H2,1-4H3/t10-,12-,13-,14+/m1/s1. The number of hydrogen-bond donors (Lipinski definition) is 0. The van der Waals surface area contributed by atoms with Crippen LogP contribution in [0.3, 0.4) is 0 Å². The van der Waals surface area contributed by atoms with Gasteiger partial charge in [-0.2, -0.15) is 0 Å². The zero-order valence-corrected chi connectivity index (χ0v) is 15.0. The first kappa shape index (κ1) is 17.6. The number of fused-ring (bicyclic) bond motifs is 1. The Bertz CT molecular complexity index is 649. The number of ether oxygens (including phenoxy) is 2. The van der Waals surface area contributed by atoms with Crippen molar-refractivity contribution in [1.29, 1.82) is 0 Å². The number of likely N-dealkylation sites (tertiary alicyclic amines) is 1. The number of aromatic nitrogens is 2. The van der Waals surface area contributed by atoms with E-state index >= 15 is 0 Å². The predicted octanol–water partition coefficient (Wildman–Crippen LogP) is 0.866. The zero-order chi connectivity index (χ0) is 18.1. The van der Waals surface area contributed by atoms with Crippen molar-refractivity contribution in [3.05, 3.63) is 17.8 Å². The third-order valence-corrected chi connectivity index (χ3v) is 4.95. The topological polar surface area (TPSA) is 84.9 Å². The number of carbonyl (C=O) groups excluding carboxylic acids is 2. The van der Waals surface area contributed by atoms with Gasteiger partial charge < -0.3 is 19.3 Å². The lowest BCUT2D eigenvalue weighted by Crippen LogP contribution is -2.53. The number of piperidine rings is 1. The van der Waals surface area contributed by atoms with Crippen LogP contribution in [0.2, 0.25) is 0 Å². The Morgan fingerprint density at radius 3 is 2.64 bits per heavy atom. The van der Waals surface area contributed by atoms with Crippen molar-refractivity contribution in [2.45, 2.75) is 50.5 Å². The van der Waals surface area contributed by atoms with Crippen LogP contribution in [0.25, 0.3) is 0 Å². The average molecular weight is 348 g/mol. The molecule has 0 aromatic carbocycles. The Kier molecular flexibility index (Phi) is 4.89. The van der Waals surface area contributed by atoms with Crippen LogP contribution in [0.1, 0.15) is 36.7 Å². The highest BCUT2D eigenvalue weighted by molar-refractivity contribution is 5.93. The number of nitrogens with zero attached hydrogens (tertiary/aromatic N) is 4. The zero-order valence-electron chi connectivity index (χ0n) is 15.0. The second-order valence-corrected chi connectivity index (χ2v) is 6.80. The number of esters is 1. The van der Waals surface area contributed by atoms with E-state index in [9.17, 15) is 9.59 Å². The Hall–Kier alpha value is -2.22. The summed E-state index contributed by atoms with van der Waals surface area (Å²) >= 11 is 0. The fraction of sp³-hybridized carbons (Fsp3) is 0.647. The Balaban J connectivity index is 1.81. The van der Waals surface area contributed by atoms with Gasteiger partial charge in [-0.05, 0) is 31.9 Å². The lowest BCUT2D eigenvalue weighted by atomic mass is 9.92. The molecule has 1 aromatic rings. The fourth-order valence-corrected chi connectivity index (χ4v) is 3.60. The second-order valence-electron chi connectivity index (χ2n) is 6.80. The van der Waals surface area contributed by atoms with E-state index in [4.69, 9.17) is 9.47 Å². The van der Waals surface area contributed by atoms with Gasteiger partial charge in [0, 0.05) is 26.6 Å². The quantitative estimate of drug-likeness (QED) is 0.749. The van der Waals surface area contributed by atoms with Gasteiger partial charge in [0.05, 0.1) is 19.3 Å². The number of methoxy groups -OCH3 is 1. The summed E-state index contributed by atoms with van der Waals surface area (Å²) in [4.78, 5) is 28.5. The highest BCUT2D eigenvalue weighted by Crippen LogP contribution is 2.36. The summed E-state index contributed by atoms with van der Waals surface area (Å²) in [6, 6.07) is 3.38. The summed E-state index contributed by atoms with van der Waals surface area (Å²) in [5.41, 5.74) is 0.305. The number of carbonyl (C=O) groups is 2. The van der Waals surface area contributed by atoms with Crippen LogP contribution >= 0.6 is 0 Å². The monoisotopic (exact) mass is 348 g/mol. The van der Waals surface area contributed by atoms with Gasteiger partial charge in [0.15, 0.2) is 17.6 Å². The molecule has 0 spiro atoms. The Morgan fingerprint density at radius 1 is 1.28 bits per heavy atom. The minimum atomic E-state index is -0.609. The molecule has 0 saturated carbocycles. The summed E-state index contributed by atoms with van der Waals surface area (Å²) in [7, 11) is 5.08. The van der Waals surface area contributed by atoms with Crippen LogP contribution in [0, 0.1) is 0 Å². The minimum absolute atomic E-state index is 0.0593. The van der Waals surface area contributed by atoms with E-state index in [0.717, 1.165) is 12.8 Å². The van der Waals surface area contributed by atoms with Gasteiger partial charge in [0.25, 0.3) is 5.91 Å². The molecule has 2 aliphatic heterocycles. The molecule has 0 bridgehead atoms. The molecule has 3 heterocycles. The summed E-state index contributed by atoms with van der Waals surface area (Å²) in [6.07, 6.45) is 1.36. The van der Waals surface area contributed by atoms with E-state index in [1.54, 1.807) is 17.0 Å². The first-order valence-corrected chi connectivity index (χ1v) is 8.49. The third kappa shape index (κ3) is 3.30. The molecular formula is C17H24N4O4. The smallest absolute Gasteiger partial charge is 0.335 e. The van der Waals surface area contributed by atoms with Crippen molar-refractivity contribution >= 4 is 17.7 Å². The number of hydrogen-bond acceptors (Lipinski definition) is 7. The highest BCUT2D eigenvalue weighted by Gasteiger charge is 2.48. The normalized spacial score (nSPS) is 28.4. The molecule has 0 aliphatic carbocycles. The van der Waals surface area contributed by atoms with Crippen LogP contribution < -0.4 is 4.90 Å². The van der Waals surface area contributed by atoms with Crippen LogP contribution in [-0.2, 0) is 14.3 Å². The van der Waals surface area contributed by atoms with Gasteiger partial charge in [0.1, 0.15) is 0 Å². The first-order valence-electron chi connectivity index (χ1n) is 8.49. The van der Waals surface area contributed by atoms with Crippen molar-refractivity contribution in [3.63, 3.8) is 0 Å². The molecule has 2 saturated heterocycles. The molecular weight excluding hydrogens is 324 g/mol. The van der Waals surface area contributed by atoms with Crippen molar-refractivity contribution < 1.29 is 19.1 Å². The molecule has 0 N–H and O–H groups in total. The summed E-state index contributed by atoms with van der Waals surface area (Å²) in [5, 5.41) is 8.16. The fourth-order valence-electron chi connectivity index (χ4n) is 3.60. The number of amides is 1. The van der Waals surface area contributed by atoms with Crippen LogP contribution in [-0.4, -0.2) is 72.5 Å². The molecule has 4 atom stereocenters. The van der Waals surface area contributed by atoms with Crippen molar-refractivity contribution in [3.8, 4) is 0 Å². The second kappa shape index (κ2) is 6.95. The predicted molar refractivity (Wildman–Crippen MR) is 90.3 cm³/mol. The van der Waals surface area contributed by atoms with Gasteiger partial charge in [-0.3, -0.25) is 4.79 Å². The van der Waals surface area contributed by atoms with Gasteiger partial charge >= 0.3 is 5.97 Å². The molecule has 3 rings (SSSR count). The maximum Gasteiger partial charge on any atom is 0.335 e. The molecule has 8 nitrogen and oxygen atoms in total. The molecule has 2 aliphatic rings. The molecule has 136 valence electrons. The highest BCUT2D eigenvalue weighted by atomic mass is 16.6. The van der Waals surface area contributed by atoms with Crippen molar-refractivity contribution in [1.82, 2.24) is 15.1 Å². The van der Waals surface area contributed by atoms with Crippen LogP contribution in [0.4, 0.5) is 5.82 Å². The van der Waals surface area contributed by atoms with E-state index in [1.807, 2.05) is 25.9 Å². The van der Waals surface area contributed by atoms with Crippen molar-refractivity contribution in [2.75, 3.05) is 26.1 Å². The van der Waals surface area contributed by atoms with Crippen LogP contribution in [0.5, 0.6) is 0 Å². The Morgan fingerprint density at radius 2 is 2.04 bits per heavy atom. The van der Waals surface area contributed by atoms with Gasteiger partial charge in [-0.1, -0.05) is 0 Å². The first-order chi connectivity index (χ1) is 11.9. The van der Waals surface area contributed by atoms with Crippen molar-refractivity contribution in [2.24, 2.45) is 0 Å². The maximum absolute atomic E-state index is 13.0. The Labute approximate surface area is 147 Å². The van der Waals surface area contributed by atoms with Gasteiger partial charge in [-0.15, -0.1) is 10.2 Å². The molecule has 0 unspecified atom stereocenters. The van der Waals surface area contributed by atoms with E-state index in [0.29, 0.717) is 17.9 Å². The summed E-state index contributed by atoms with van der Waals surface area (Å²) in [6.45, 7) is 2.02. The summed E-state index contributed by atoms with van der Waals surface area (Å²) < 4.78 is 10.6.